The Kier molecular flexibility index (Phi) is 4.79. The summed E-state index contributed by atoms with van der Waals surface area (Å²) in [5, 5.41) is 0. The highest BCUT2D eigenvalue weighted by atomic mass is 16.1. The van der Waals surface area contributed by atoms with Crippen LogP contribution in [0.2, 0.25) is 0 Å². The van der Waals surface area contributed by atoms with Crippen LogP contribution in [0.5, 0.6) is 0 Å². The van der Waals surface area contributed by atoms with Gasteiger partial charge in [-0.1, -0.05) is 39.3 Å². The molecule has 3 aliphatic carbocycles. The summed E-state index contributed by atoms with van der Waals surface area (Å²) in [6, 6.07) is 0. The number of aldehydes is 1. The fourth-order valence-corrected chi connectivity index (χ4v) is 7.34. The van der Waals surface area contributed by atoms with Gasteiger partial charge >= 0.3 is 0 Å². The topological polar surface area (TPSA) is 34.1 Å². The first-order chi connectivity index (χ1) is 11.7. The van der Waals surface area contributed by atoms with Crippen LogP contribution in [-0.4, -0.2) is 12.1 Å². The van der Waals surface area contributed by atoms with Crippen LogP contribution < -0.4 is 0 Å². The maximum absolute atomic E-state index is 12.6. The van der Waals surface area contributed by atoms with E-state index < -0.39 is 0 Å². The molecule has 140 valence electrons. The molecule has 0 aromatic rings. The molecule has 5 atom stereocenters. The van der Waals surface area contributed by atoms with Crippen LogP contribution in [0.4, 0.5) is 0 Å². The van der Waals surface area contributed by atoms with Crippen LogP contribution in [0.15, 0.2) is 12.2 Å². The average molecular weight is 345 g/mol. The van der Waals surface area contributed by atoms with Crippen LogP contribution in [0.25, 0.3) is 0 Å². The summed E-state index contributed by atoms with van der Waals surface area (Å²) in [6.07, 6.45) is 10.9. The van der Waals surface area contributed by atoms with Gasteiger partial charge < -0.3 is 9.59 Å². The summed E-state index contributed by atoms with van der Waals surface area (Å²) in [4.78, 5) is 24.2. The molecular weight excluding hydrogens is 308 g/mol. The molecule has 2 nitrogen and oxygen atoms in total. The van der Waals surface area contributed by atoms with Crippen LogP contribution in [0.1, 0.15) is 85.5 Å². The molecule has 3 saturated carbocycles. The molecule has 0 heterocycles. The van der Waals surface area contributed by atoms with Crippen molar-refractivity contribution in [3.05, 3.63) is 12.2 Å². The third-order valence-electron chi connectivity index (χ3n) is 8.49. The zero-order valence-corrected chi connectivity index (χ0v) is 16.7. The van der Waals surface area contributed by atoms with Crippen LogP contribution >= 0.6 is 0 Å². The van der Waals surface area contributed by atoms with Gasteiger partial charge in [-0.25, -0.2) is 0 Å². The maximum Gasteiger partial charge on any atom is 0.129 e. The number of hydrogen-bond donors (Lipinski definition) is 0. The Labute approximate surface area is 153 Å². The van der Waals surface area contributed by atoms with E-state index in [9.17, 15) is 9.59 Å². The standard InChI is InChI=1S/C23H36O2/c1-16-7-10-20-22(5,18(16)9-8-17(2)25)14-11-19-21(3,4)12-6-13-23(19,20)15-24/h15,18-20H,1,6-14H2,2-5H3/t18-,19+,20+,22+,23-/m1/s1. The molecule has 25 heavy (non-hydrogen) atoms. The normalized spacial score (nSPS) is 43.0. The predicted molar refractivity (Wildman–Crippen MR) is 102 cm³/mol. The van der Waals surface area contributed by atoms with E-state index >= 15 is 0 Å². The van der Waals surface area contributed by atoms with Gasteiger partial charge in [0.1, 0.15) is 12.1 Å². The number of Topliss-reactive ketones (excluding diaryl/α,β-unsaturated/α-hetero) is 1. The SMILES string of the molecule is C=C1CC[C@H]2[C@@](C)(CC[C@H]3C(C)(C)CCC[C@@]32C=O)[C@@H]1CCC(C)=O. The molecule has 0 N–H and O–H groups in total. The molecule has 3 aliphatic rings. The Bertz CT molecular complexity index is 575. The highest BCUT2D eigenvalue weighted by Gasteiger charge is 2.63. The van der Waals surface area contributed by atoms with Crippen molar-refractivity contribution < 1.29 is 9.59 Å². The first kappa shape index (κ1) is 18.9. The highest BCUT2D eigenvalue weighted by molar-refractivity contribution is 5.75. The lowest BCUT2D eigenvalue weighted by atomic mass is 9.39. The molecule has 0 bridgehead atoms. The van der Waals surface area contributed by atoms with Crippen molar-refractivity contribution in [2.75, 3.05) is 0 Å². The van der Waals surface area contributed by atoms with Gasteiger partial charge in [0.15, 0.2) is 0 Å². The number of fused-ring (bicyclic) bond motifs is 3. The largest absolute Gasteiger partial charge is 0.303 e. The van der Waals surface area contributed by atoms with Gasteiger partial charge in [-0.15, -0.1) is 0 Å². The van der Waals surface area contributed by atoms with Crippen LogP contribution in [0.3, 0.4) is 0 Å². The minimum Gasteiger partial charge on any atom is -0.303 e. The minimum absolute atomic E-state index is 0.135. The van der Waals surface area contributed by atoms with Crippen molar-refractivity contribution in [2.24, 2.45) is 34.0 Å². The second kappa shape index (κ2) is 6.35. The second-order valence-corrected chi connectivity index (χ2v) is 10.2. The zero-order valence-electron chi connectivity index (χ0n) is 16.7. The number of rotatable bonds is 4. The van der Waals surface area contributed by atoms with Crippen LogP contribution in [-0.2, 0) is 9.59 Å². The quantitative estimate of drug-likeness (QED) is 0.480. The third-order valence-corrected chi connectivity index (χ3v) is 8.49. The van der Waals surface area contributed by atoms with Gasteiger partial charge in [-0.2, -0.15) is 0 Å². The summed E-state index contributed by atoms with van der Waals surface area (Å²) in [5.41, 5.74) is 1.58. The first-order valence-electron chi connectivity index (χ1n) is 10.3. The van der Waals surface area contributed by atoms with Crippen molar-refractivity contribution in [1.82, 2.24) is 0 Å². The fourth-order valence-electron chi connectivity index (χ4n) is 7.34. The lowest BCUT2D eigenvalue weighted by Gasteiger charge is -2.65. The Balaban J connectivity index is 1.99. The summed E-state index contributed by atoms with van der Waals surface area (Å²) >= 11 is 0. The summed E-state index contributed by atoms with van der Waals surface area (Å²) < 4.78 is 0. The van der Waals surface area contributed by atoms with Gasteiger partial charge in [0.05, 0.1) is 0 Å². The number of carbonyl (C=O) groups is 2. The molecule has 0 spiro atoms. The smallest absolute Gasteiger partial charge is 0.129 e. The molecule has 0 radical (unpaired) electrons. The van der Waals surface area contributed by atoms with E-state index in [1.165, 1.54) is 31.1 Å². The highest BCUT2D eigenvalue weighted by Crippen LogP contribution is 2.68. The number of carbonyl (C=O) groups excluding carboxylic acids is 2. The van der Waals surface area contributed by atoms with Gasteiger partial charge in [0.25, 0.3) is 0 Å². The van der Waals surface area contributed by atoms with Crippen molar-refractivity contribution in [3.8, 4) is 0 Å². The minimum atomic E-state index is -0.149. The molecule has 0 saturated heterocycles. The van der Waals surface area contributed by atoms with E-state index in [4.69, 9.17) is 0 Å². The van der Waals surface area contributed by atoms with Crippen molar-refractivity contribution >= 4 is 12.1 Å². The van der Waals surface area contributed by atoms with E-state index in [2.05, 4.69) is 27.4 Å². The summed E-state index contributed by atoms with van der Waals surface area (Å²) in [6.45, 7) is 13.3. The van der Waals surface area contributed by atoms with Gasteiger partial charge in [0, 0.05) is 11.8 Å². The lowest BCUT2D eigenvalue weighted by molar-refractivity contribution is -0.169. The molecule has 0 aliphatic heterocycles. The molecule has 0 aromatic heterocycles. The molecule has 0 aromatic carbocycles. The molecule has 3 rings (SSSR count). The lowest BCUT2D eigenvalue weighted by Crippen LogP contribution is -2.60. The second-order valence-electron chi connectivity index (χ2n) is 10.2. The predicted octanol–water partition coefficient (Wildman–Crippen LogP) is 5.75. The molecule has 3 fully saturated rings. The first-order valence-corrected chi connectivity index (χ1v) is 10.3. The Hall–Kier alpha value is -0.920. The Morgan fingerprint density at radius 3 is 2.52 bits per heavy atom. The van der Waals surface area contributed by atoms with Crippen molar-refractivity contribution in [1.29, 1.82) is 0 Å². The zero-order chi connectivity index (χ0) is 18.5. The summed E-state index contributed by atoms with van der Waals surface area (Å²) in [5.74, 6) is 1.65. The molecule has 0 unspecified atom stereocenters. The van der Waals surface area contributed by atoms with Crippen molar-refractivity contribution in [2.45, 2.75) is 85.5 Å². The molecular formula is C23H36O2. The van der Waals surface area contributed by atoms with E-state index in [-0.39, 0.29) is 22.0 Å². The van der Waals surface area contributed by atoms with Gasteiger partial charge in [-0.05, 0) is 80.5 Å². The van der Waals surface area contributed by atoms with E-state index in [0.717, 1.165) is 32.1 Å². The average Bonchev–Trinajstić information content (AvgIpc) is 2.52. The monoisotopic (exact) mass is 344 g/mol. The maximum atomic E-state index is 12.6. The van der Waals surface area contributed by atoms with Gasteiger partial charge in [-0.3, -0.25) is 0 Å². The van der Waals surface area contributed by atoms with E-state index in [0.29, 0.717) is 24.2 Å². The third kappa shape index (κ3) is 2.84. The Morgan fingerprint density at radius 2 is 1.88 bits per heavy atom. The Morgan fingerprint density at radius 1 is 1.16 bits per heavy atom. The van der Waals surface area contributed by atoms with Crippen molar-refractivity contribution in [3.63, 3.8) is 0 Å². The van der Waals surface area contributed by atoms with Gasteiger partial charge in [0.2, 0.25) is 0 Å². The van der Waals surface area contributed by atoms with E-state index in [1.54, 1.807) is 6.92 Å². The number of hydrogen-bond acceptors (Lipinski definition) is 2. The van der Waals surface area contributed by atoms with E-state index in [1.807, 2.05) is 0 Å². The molecule has 2 heteroatoms. The fraction of sp³-hybridized carbons (Fsp3) is 0.826. The number of ketones is 1. The number of allylic oxidation sites excluding steroid dienone is 1. The summed E-state index contributed by atoms with van der Waals surface area (Å²) in [7, 11) is 0. The van der Waals surface area contributed by atoms with Crippen LogP contribution in [0, 0.1) is 34.0 Å². The molecule has 0 amide bonds.